The molecule has 0 spiro atoms. The largest absolute Gasteiger partial charge is 0.381 e. The molecule has 2 saturated heterocycles. The fraction of sp³-hybridized carbons (Fsp3) is 0.409. The van der Waals surface area contributed by atoms with Gasteiger partial charge in [-0.25, -0.2) is 28.1 Å². The van der Waals surface area contributed by atoms with Gasteiger partial charge in [0.1, 0.15) is 29.3 Å². The first kappa shape index (κ1) is 19.9. The Bertz CT molecular complexity index is 1110. The second-order valence-corrected chi connectivity index (χ2v) is 7.98. The lowest BCUT2D eigenvalue weighted by molar-refractivity contribution is 0.0802. The molecule has 0 bridgehead atoms. The Balaban J connectivity index is 1.44. The van der Waals surface area contributed by atoms with Crippen LogP contribution >= 0.6 is 0 Å². The summed E-state index contributed by atoms with van der Waals surface area (Å²) in [5.41, 5.74) is 1.36. The number of carbonyl (C=O) groups excluding carboxylic acids is 1. The SMILES string of the molecule is O=C(NC1CCOCC1)n1cnc2ccc(N3CCCC3c3cc(F)ccc3F)nc21. The smallest absolute Gasteiger partial charge is 0.328 e. The van der Waals surface area contributed by atoms with Crippen molar-refractivity contribution in [1.29, 1.82) is 0 Å². The highest BCUT2D eigenvalue weighted by Gasteiger charge is 2.30. The second kappa shape index (κ2) is 8.22. The van der Waals surface area contributed by atoms with Crippen LogP contribution in [0, 0.1) is 11.6 Å². The van der Waals surface area contributed by atoms with Crippen molar-refractivity contribution in [3.05, 3.63) is 53.9 Å². The van der Waals surface area contributed by atoms with E-state index in [0.717, 1.165) is 31.4 Å². The first-order valence-electron chi connectivity index (χ1n) is 10.5. The van der Waals surface area contributed by atoms with E-state index < -0.39 is 11.6 Å². The van der Waals surface area contributed by atoms with Gasteiger partial charge in [-0.2, -0.15) is 0 Å². The number of anilines is 1. The van der Waals surface area contributed by atoms with Gasteiger partial charge in [-0.1, -0.05) is 0 Å². The van der Waals surface area contributed by atoms with E-state index in [2.05, 4.69) is 15.3 Å². The van der Waals surface area contributed by atoms with Crippen LogP contribution in [0.5, 0.6) is 0 Å². The zero-order valence-electron chi connectivity index (χ0n) is 16.9. The van der Waals surface area contributed by atoms with Gasteiger partial charge >= 0.3 is 6.03 Å². The summed E-state index contributed by atoms with van der Waals surface area (Å²) < 4.78 is 34.9. The van der Waals surface area contributed by atoms with Crippen LogP contribution in [0.15, 0.2) is 36.7 Å². The third kappa shape index (κ3) is 3.85. The molecule has 1 N–H and O–H groups in total. The van der Waals surface area contributed by atoms with E-state index in [1.807, 2.05) is 11.0 Å². The lowest BCUT2D eigenvalue weighted by atomic mass is 10.0. The molecular formula is C22H23F2N5O2. The summed E-state index contributed by atoms with van der Waals surface area (Å²) in [6.07, 6.45) is 4.54. The Morgan fingerprint density at radius 3 is 2.81 bits per heavy atom. The molecular weight excluding hydrogens is 404 g/mol. The normalized spacial score (nSPS) is 19.8. The van der Waals surface area contributed by atoms with Crippen molar-refractivity contribution in [3.63, 3.8) is 0 Å². The number of nitrogens with one attached hydrogen (secondary N) is 1. The average Bonchev–Trinajstić information content (AvgIpc) is 3.43. The van der Waals surface area contributed by atoms with Crippen LogP contribution in [0.3, 0.4) is 0 Å². The van der Waals surface area contributed by atoms with Crippen molar-refractivity contribution in [2.24, 2.45) is 0 Å². The second-order valence-electron chi connectivity index (χ2n) is 7.98. The summed E-state index contributed by atoms with van der Waals surface area (Å²) in [7, 11) is 0. The molecule has 3 aromatic rings. The van der Waals surface area contributed by atoms with E-state index in [0.29, 0.717) is 48.7 Å². The number of pyridine rings is 1. The molecule has 2 aliphatic heterocycles. The number of hydrogen-bond donors (Lipinski definition) is 1. The fourth-order valence-electron chi connectivity index (χ4n) is 4.41. The third-order valence-electron chi connectivity index (χ3n) is 6.01. The molecule has 0 aliphatic carbocycles. The van der Waals surface area contributed by atoms with Crippen molar-refractivity contribution in [3.8, 4) is 0 Å². The summed E-state index contributed by atoms with van der Waals surface area (Å²) in [6, 6.07) is 6.61. The summed E-state index contributed by atoms with van der Waals surface area (Å²) in [5, 5.41) is 3.01. The highest BCUT2D eigenvalue weighted by atomic mass is 19.1. The number of aromatic nitrogens is 3. The van der Waals surface area contributed by atoms with Crippen molar-refractivity contribution >= 4 is 23.0 Å². The fourth-order valence-corrected chi connectivity index (χ4v) is 4.41. The zero-order valence-corrected chi connectivity index (χ0v) is 16.9. The minimum Gasteiger partial charge on any atom is -0.381 e. The minimum absolute atomic E-state index is 0.0563. The van der Waals surface area contributed by atoms with Crippen LogP contribution < -0.4 is 10.2 Å². The lowest BCUT2D eigenvalue weighted by Gasteiger charge is -2.26. The summed E-state index contributed by atoms with van der Waals surface area (Å²) >= 11 is 0. The van der Waals surface area contributed by atoms with Crippen LogP contribution in [0.1, 0.15) is 37.3 Å². The molecule has 2 aliphatic rings. The number of hydrogen-bond acceptors (Lipinski definition) is 5. The molecule has 7 nitrogen and oxygen atoms in total. The number of rotatable bonds is 3. The van der Waals surface area contributed by atoms with Crippen molar-refractivity contribution in [2.45, 2.75) is 37.8 Å². The van der Waals surface area contributed by atoms with Crippen molar-refractivity contribution < 1.29 is 18.3 Å². The molecule has 9 heteroatoms. The predicted octanol–water partition coefficient (Wildman–Crippen LogP) is 3.79. The Labute approximate surface area is 178 Å². The van der Waals surface area contributed by atoms with Gasteiger partial charge in [0.05, 0.1) is 6.04 Å². The summed E-state index contributed by atoms with van der Waals surface area (Å²) in [6.45, 7) is 1.93. The molecule has 2 aromatic heterocycles. The van der Waals surface area contributed by atoms with Crippen LogP contribution in [-0.4, -0.2) is 46.4 Å². The lowest BCUT2D eigenvalue weighted by Crippen LogP contribution is -2.41. The molecule has 1 aromatic carbocycles. The van der Waals surface area contributed by atoms with Gasteiger partial charge in [0.25, 0.3) is 0 Å². The number of nitrogens with zero attached hydrogens (tertiary/aromatic N) is 4. The van der Waals surface area contributed by atoms with Gasteiger partial charge in [0.15, 0.2) is 5.65 Å². The number of fused-ring (bicyclic) bond motifs is 1. The van der Waals surface area contributed by atoms with Gasteiger partial charge < -0.3 is 15.0 Å². The average molecular weight is 427 g/mol. The van der Waals surface area contributed by atoms with Crippen LogP contribution in [0.2, 0.25) is 0 Å². The first-order chi connectivity index (χ1) is 15.1. The topological polar surface area (TPSA) is 72.3 Å². The first-order valence-corrected chi connectivity index (χ1v) is 10.5. The molecule has 1 unspecified atom stereocenters. The molecule has 162 valence electrons. The maximum absolute atomic E-state index is 14.4. The third-order valence-corrected chi connectivity index (χ3v) is 6.01. The molecule has 1 amide bonds. The Morgan fingerprint density at radius 2 is 1.97 bits per heavy atom. The van der Waals surface area contributed by atoms with E-state index in [9.17, 15) is 13.6 Å². The van der Waals surface area contributed by atoms with Gasteiger partial charge in [-0.3, -0.25) is 0 Å². The number of imidazole rings is 1. The van der Waals surface area contributed by atoms with Gasteiger partial charge in [0, 0.05) is 31.4 Å². The highest BCUT2D eigenvalue weighted by molar-refractivity contribution is 5.87. The zero-order chi connectivity index (χ0) is 21.4. The van der Waals surface area contributed by atoms with Crippen LogP contribution in [-0.2, 0) is 4.74 Å². The van der Waals surface area contributed by atoms with E-state index in [-0.39, 0.29) is 18.1 Å². The van der Waals surface area contributed by atoms with Gasteiger partial charge in [-0.05, 0) is 56.0 Å². The van der Waals surface area contributed by atoms with Crippen LogP contribution in [0.25, 0.3) is 11.2 Å². The number of benzene rings is 1. The number of carbonyl (C=O) groups is 1. The quantitative estimate of drug-likeness (QED) is 0.689. The monoisotopic (exact) mass is 427 g/mol. The maximum atomic E-state index is 14.4. The Kier molecular flexibility index (Phi) is 5.27. The van der Waals surface area contributed by atoms with Gasteiger partial charge in [-0.15, -0.1) is 0 Å². The maximum Gasteiger partial charge on any atom is 0.328 e. The molecule has 1 atom stereocenters. The number of amides is 1. The predicted molar refractivity (Wildman–Crippen MR) is 111 cm³/mol. The van der Waals surface area contributed by atoms with Crippen molar-refractivity contribution in [2.75, 3.05) is 24.7 Å². The summed E-state index contributed by atoms with van der Waals surface area (Å²) in [4.78, 5) is 23.8. The van der Waals surface area contributed by atoms with Gasteiger partial charge in [0.2, 0.25) is 0 Å². The number of ether oxygens (including phenoxy) is 1. The molecule has 0 saturated carbocycles. The Morgan fingerprint density at radius 1 is 1.13 bits per heavy atom. The van der Waals surface area contributed by atoms with E-state index in [4.69, 9.17) is 4.74 Å². The van der Waals surface area contributed by atoms with E-state index in [1.165, 1.54) is 17.0 Å². The minimum atomic E-state index is -0.463. The highest BCUT2D eigenvalue weighted by Crippen LogP contribution is 2.37. The van der Waals surface area contributed by atoms with Crippen LogP contribution in [0.4, 0.5) is 19.4 Å². The molecule has 2 fully saturated rings. The molecule has 4 heterocycles. The number of halogens is 2. The molecule has 5 rings (SSSR count). The van der Waals surface area contributed by atoms with E-state index in [1.54, 1.807) is 6.07 Å². The molecule has 31 heavy (non-hydrogen) atoms. The summed E-state index contributed by atoms with van der Waals surface area (Å²) in [5.74, 6) is -0.283. The van der Waals surface area contributed by atoms with E-state index >= 15 is 0 Å². The standard InChI is InChI=1S/C22H23F2N5O2/c23-14-3-4-17(24)16(12-14)19-2-1-9-28(19)20-6-5-18-21(27-20)29(13-25-18)22(30)26-15-7-10-31-11-8-15/h3-6,12-13,15,19H,1-2,7-11H2,(H,26,30). The molecule has 0 radical (unpaired) electrons. The van der Waals surface area contributed by atoms with Crippen molar-refractivity contribution in [1.82, 2.24) is 19.9 Å². The Hall–Kier alpha value is -3.07.